The summed E-state index contributed by atoms with van der Waals surface area (Å²) in [6, 6.07) is 0.196. The van der Waals surface area contributed by atoms with Gasteiger partial charge in [0.15, 0.2) is 0 Å². The molecule has 0 saturated heterocycles. The number of urea groups is 1. The Balaban J connectivity index is 1.91. The molecule has 1 N–H and O–H groups in total. The fourth-order valence-corrected chi connectivity index (χ4v) is 2.14. The van der Waals surface area contributed by atoms with Crippen LogP contribution in [0.1, 0.15) is 32.1 Å². The summed E-state index contributed by atoms with van der Waals surface area (Å²) in [6.45, 7) is 0.425. The van der Waals surface area contributed by atoms with E-state index < -0.39 is 5.97 Å². The Hall–Kier alpha value is -1.26. The van der Waals surface area contributed by atoms with Crippen molar-refractivity contribution >= 4 is 12.0 Å². The molecule has 0 radical (unpaired) electrons. The summed E-state index contributed by atoms with van der Waals surface area (Å²) in [7, 11) is 1.79. The number of carboxylic acid groups (broad SMARTS) is 1. The number of hydrogen-bond acceptors (Lipinski definition) is 2. The van der Waals surface area contributed by atoms with E-state index in [9.17, 15) is 9.59 Å². The lowest BCUT2D eigenvalue weighted by Gasteiger charge is -2.37. The SMILES string of the molecule is CN(C(=O)N(CC(=O)O)CC1CC1)C1CCC1. The molecular weight excluding hydrogens is 220 g/mol. The summed E-state index contributed by atoms with van der Waals surface area (Å²) >= 11 is 0. The zero-order valence-corrected chi connectivity index (χ0v) is 10.3. The molecule has 0 aromatic carbocycles. The topological polar surface area (TPSA) is 60.9 Å². The van der Waals surface area contributed by atoms with E-state index in [4.69, 9.17) is 5.11 Å². The molecule has 2 aliphatic carbocycles. The van der Waals surface area contributed by atoms with Crippen LogP contribution in [0.4, 0.5) is 4.79 Å². The van der Waals surface area contributed by atoms with E-state index in [0.29, 0.717) is 18.5 Å². The largest absolute Gasteiger partial charge is 0.480 e. The standard InChI is InChI=1S/C12H20N2O3/c1-13(10-3-2-4-10)12(17)14(8-11(15)16)7-9-5-6-9/h9-10H,2-8H2,1H3,(H,15,16). The van der Waals surface area contributed by atoms with Crippen LogP contribution in [0.3, 0.4) is 0 Å². The van der Waals surface area contributed by atoms with E-state index in [0.717, 1.165) is 25.7 Å². The van der Waals surface area contributed by atoms with Crippen LogP contribution in [-0.4, -0.2) is 53.1 Å². The molecule has 0 aromatic heterocycles. The summed E-state index contributed by atoms with van der Waals surface area (Å²) in [5.74, 6) is -0.408. The fourth-order valence-electron chi connectivity index (χ4n) is 2.14. The molecule has 2 fully saturated rings. The second kappa shape index (κ2) is 4.94. The van der Waals surface area contributed by atoms with Gasteiger partial charge in [-0.3, -0.25) is 4.79 Å². The van der Waals surface area contributed by atoms with Crippen molar-refractivity contribution in [1.82, 2.24) is 9.80 Å². The van der Waals surface area contributed by atoms with Crippen LogP contribution in [0.15, 0.2) is 0 Å². The van der Waals surface area contributed by atoms with E-state index in [1.54, 1.807) is 11.9 Å². The predicted molar refractivity (Wildman–Crippen MR) is 62.7 cm³/mol. The molecule has 2 saturated carbocycles. The minimum Gasteiger partial charge on any atom is -0.480 e. The van der Waals surface area contributed by atoms with Crippen LogP contribution >= 0.6 is 0 Å². The van der Waals surface area contributed by atoms with Crippen molar-refractivity contribution in [1.29, 1.82) is 0 Å². The highest BCUT2D eigenvalue weighted by molar-refractivity contribution is 5.80. The highest BCUT2D eigenvalue weighted by Crippen LogP contribution is 2.30. The summed E-state index contributed by atoms with van der Waals surface area (Å²) in [5, 5.41) is 8.85. The first kappa shape index (κ1) is 12.2. The van der Waals surface area contributed by atoms with Gasteiger partial charge in [-0.15, -0.1) is 0 Å². The quantitative estimate of drug-likeness (QED) is 0.790. The van der Waals surface area contributed by atoms with Gasteiger partial charge in [-0.05, 0) is 38.0 Å². The van der Waals surface area contributed by atoms with Gasteiger partial charge in [0.25, 0.3) is 0 Å². The highest BCUT2D eigenvalue weighted by Gasteiger charge is 2.32. The number of hydrogen-bond donors (Lipinski definition) is 1. The Labute approximate surface area is 101 Å². The van der Waals surface area contributed by atoms with Crippen molar-refractivity contribution < 1.29 is 14.7 Å². The molecule has 96 valence electrons. The summed E-state index contributed by atoms with van der Waals surface area (Å²) in [5.41, 5.74) is 0. The van der Waals surface area contributed by atoms with Crippen LogP contribution in [-0.2, 0) is 4.79 Å². The summed E-state index contributed by atoms with van der Waals surface area (Å²) in [6.07, 6.45) is 5.51. The van der Waals surface area contributed by atoms with Gasteiger partial charge in [0.2, 0.25) is 0 Å². The van der Waals surface area contributed by atoms with Crippen LogP contribution in [0.2, 0.25) is 0 Å². The van der Waals surface area contributed by atoms with Gasteiger partial charge < -0.3 is 14.9 Å². The Morgan fingerprint density at radius 2 is 1.88 bits per heavy atom. The lowest BCUT2D eigenvalue weighted by atomic mass is 9.92. The number of carboxylic acids is 1. The molecule has 2 rings (SSSR count). The van der Waals surface area contributed by atoms with Crippen molar-refractivity contribution in [2.45, 2.75) is 38.1 Å². The van der Waals surface area contributed by atoms with E-state index in [2.05, 4.69) is 0 Å². The van der Waals surface area contributed by atoms with Crippen molar-refractivity contribution in [3.63, 3.8) is 0 Å². The number of amides is 2. The Kier molecular flexibility index (Phi) is 3.54. The molecular formula is C12H20N2O3. The molecule has 2 aliphatic rings. The first-order valence-electron chi connectivity index (χ1n) is 6.31. The average molecular weight is 240 g/mol. The van der Waals surface area contributed by atoms with Gasteiger partial charge in [0.05, 0.1) is 0 Å². The third-order valence-electron chi connectivity index (χ3n) is 3.70. The van der Waals surface area contributed by atoms with Gasteiger partial charge in [-0.25, -0.2) is 4.79 Å². The Morgan fingerprint density at radius 1 is 1.24 bits per heavy atom. The molecule has 17 heavy (non-hydrogen) atoms. The molecule has 0 unspecified atom stereocenters. The maximum atomic E-state index is 12.2. The zero-order chi connectivity index (χ0) is 12.4. The smallest absolute Gasteiger partial charge is 0.323 e. The third-order valence-corrected chi connectivity index (χ3v) is 3.70. The number of carbonyl (C=O) groups is 2. The molecule has 5 heteroatoms. The average Bonchev–Trinajstić information content (AvgIpc) is 2.96. The summed E-state index contributed by atoms with van der Waals surface area (Å²) in [4.78, 5) is 26.1. The van der Waals surface area contributed by atoms with Gasteiger partial charge in [0.1, 0.15) is 6.54 Å². The van der Waals surface area contributed by atoms with Crippen molar-refractivity contribution in [2.75, 3.05) is 20.1 Å². The van der Waals surface area contributed by atoms with E-state index in [-0.39, 0.29) is 12.6 Å². The highest BCUT2D eigenvalue weighted by atomic mass is 16.4. The fraction of sp³-hybridized carbons (Fsp3) is 0.833. The maximum Gasteiger partial charge on any atom is 0.323 e. The Morgan fingerprint density at radius 3 is 2.29 bits per heavy atom. The first-order valence-corrected chi connectivity index (χ1v) is 6.31. The van der Waals surface area contributed by atoms with Gasteiger partial charge >= 0.3 is 12.0 Å². The minimum atomic E-state index is -0.930. The van der Waals surface area contributed by atoms with Crippen molar-refractivity contribution in [3.8, 4) is 0 Å². The van der Waals surface area contributed by atoms with Crippen molar-refractivity contribution in [2.24, 2.45) is 5.92 Å². The lowest BCUT2D eigenvalue weighted by molar-refractivity contribution is -0.137. The number of aliphatic carboxylic acids is 1. The Bertz CT molecular complexity index is 311. The number of nitrogens with zero attached hydrogens (tertiary/aromatic N) is 2. The normalized spacial score (nSPS) is 19.6. The van der Waals surface area contributed by atoms with Crippen LogP contribution in [0.25, 0.3) is 0 Å². The molecule has 0 atom stereocenters. The van der Waals surface area contributed by atoms with E-state index in [1.807, 2.05) is 0 Å². The second-order valence-electron chi connectivity index (χ2n) is 5.20. The molecule has 2 amide bonds. The van der Waals surface area contributed by atoms with Gasteiger partial charge in [-0.2, -0.15) is 0 Å². The van der Waals surface area contributed by atoms with Crippen LogP contribution in [0, 0.1) is 5.92 Å². The first-order chi connectivity index (χ1) is 8.08. The molecule has 0 aromatic rings. The summed E-state index contributed by atoms with van der Waals surface area (Å²) < 4.78 is 0. The number of carbonyl (C=O) groups excluding carboxylic acids is 1. The molecule has 5 nitrogen and oxygen atoms in total. The zero-order valence-electron chi connectivity index (χ0n) is 10.3. The molecule has 0 bridgehead atoms. The van der Waals surface area contributed by atoms with E-state index >= 15 is 0 Å². The predicted octanol–water partition coefficient (Wildman–Crippen LogP) is 1.39. The third kappa shape index (κ3) is 3.11. The monoisotopic (exact) mass is 240 g/mol. The molecule has 0 spiro atoms. The molecule has 0 aliphatic heterocycles. The van der Waals surface area contributed by atoms with E-state index in [1.165, 1.54) is 11.3 Å². The van der Waals surface area contributed by atoms with Crippen LogP contribution < -0.4 is 0 Å². The lowest BCUT2D eigenvalue weighted by Crippen LogP contribution is -2.50. The van der Waals surface area contributed by atoms with Gasteiger partial charge in [-0.1, -0.05) is 0 Å². The van der Waals surface area contributed by atoms with Crippen LogP contribution in [0.5, 0.6) is 0 Å². The minimum absolute atomic E-state index is 0.121. The number of rotatable bonds is 5. The maximum absolute atomic E-state index is 12.2. The second-order valence-corrected chi connectivity index (χ2v) is 5.20. The molecule has 0 heterocycles. The van der Waals surface area contributed by atoms with Crippen molar-refractivity contribution in [3.05, 3.63) is 0 Å². The van der Waals surface area contributed by atoms with Gasteiger partial charge in [0, 0.05) is 19.6 Å².